The van der Waals surface area contributed by atoms with Gasteiger partial charge in [0, 0.05) is 43.3 Å². The number of para-hydroxylation sites is 2. The SMILES string of the molecule is Cn1cnnc1SC[C@H]1C[C@@H](c2ccc(CO)cc2)O[C@@H](c2ccc(NC(=O)CCCCCCC(=O)Nc3ccccc3N)cc2)O1. The highest BCUT2D eigenvalue weighted by Gasteiger charge is 2.32. The predicted octanol–water partition coefficient (Wildman–Crippen LogP) is 6.15. The van der Waals surface area contributed by atoms with Gasteiger partial charge >= 0.3 is 0 Å². The van der Waals surface area contributed by atoms with Crippen molar-refractivity contribution < 1.29 is 24.2 Å². The molecule has 5 N–H and O–H groups in total. The van der Waals surface area contributed by atoms with Gasteiger partial charge in [0.15, 0.2) is 11.4 Å². The van der Waals surface area contributed by atoms with Crippen molar-refractivity contribution in [1.29, 1.82) is 0 Å². The van der Waals surface area contributed by atoms with E-state index in [0.29, 0.717) is 42.1 Å². The molecular formula is C35H42N6O5S. The van der Waals surface area contributed by atoms with Crippen LogP contribution in [0.5, 0.6) is 0 Å². The van der Waals surface area contributed by atoms with Crippen LogP contribution in [-0.4, -0.2) is 43.5 Å². The number of ether oxygens (including phenoxy) is 2. The van der Waals surface area contributed by atoms with Gasteiger partial charge < -0.3 is 35.5 Å². The number of hydrogen-bond donors (Lipinski definition) is 4. The van der Waals surface area contributed by atoms with E-state index in [2.05, 4.69) is 20.8 Å². The molecule has 2 heterocycles. The number of nitrogens with one attached hydrogen (secondary N) is 2. The molecule has 0 aliphatic carbocycles. The van der Waals surface area contributed by atoms with E-state index < -0.39 is 6.29 Å². The quantitative estimate of drug-likeness (QED) is 0.0670. The minimum absolute atomic E-state index is 0.0103. The number of nitrogen functional groups attached to an aromatic ring is 1. The van der Waals surface area contributed by atoms with Crippen molar-refractivity contribution >= 4 is 40.6 Å². The second kappa shape index (κ2) is 17.1. The highest BCUT2D eigenvalue weighted by Crippen LogP contribution is 2.39. The van der Waals surface area contributed by atoms with E-state index in [9.17, 15) is 14.7 Å². The number of rotatable bonds is 15. The summed E-state index contributed by atoms with van der Waals surface area (Å²) in [7, 11) is 1.91. The molecule has 1 fully saturated rings. The summed E-state index contributed by atoms with van der Waals surface area (Å²) >= 11 is 1.59. The van der Waals surface area contributed by atoms with Gasteiger partial charge in [-0.05, 0) is 48.2 Å². The van der Waals surface area contributed by atoms with Gasteiger partial charge in [0.05, 0.1) is 30.2 Å². The van der Waals surface area contributed by atoms with Crippen LogP contribution in [0.1, 0.15) is 74.0 Å². The fourth-order valence-corrected chi connectivity index (χ4v) is 6.19. The lowest BCUT2D eigenvalue weighted by Gasteiger charge is -2.36. The molecule has 248 valence electrons. The third-order valence-corrected chi connectivity index (χ3v) is 9.11. The predicted molar refractivity (Wildman–Crippen MR) is 182 cm³/mol. The Labute approximate surface area is 279 Å². The van der Waals surface area contributed by atoms with Crippen molar-refractivity contribution in [3.63, 3.8) is 0 Å². The molecule has 5 rings (SSSR count). The number of benzene rings is 3. The maximum atomic E-state index is 12.6. The smallest absolute Gasteiger partial charge is 0.224 e. The van der Waals surface area contributed by atoms with E-state index in [1.54, 1.807) is 30.2 Å². The van der Waals surface area contributed by atoms with Gasteiger partial charge in [0.1, 0.15) is 6.33 Å². The first-order chi connectivity index (χ1) is 22.9. The van der Waals surface area contributed by atoms with Gasteiger partial charge in [-0.15, -0.1) is 10.2 Å². The summed E-state index contributed by atoms with van der Waals surface area (Å²) < 4.78 is 14.7. The van der Waals surface area contributed by atoms with Gasteiger partial charge in [0.25, 0.3) is 0 Å². The van der Waals surface area contributed by atoms with Crippen LogP contribution in [0.4, 0.5) is 17.1 Å². The number of anilines is 3. The Balaban J connectivity index is 1.08. The van der Waals surface area contributed by atoms with Gasteiger partial charge in [-0.25, -0.2) is 0 Å². The van der Waals surface area contributed by atoms with Crippen molar-refractivity contribution in [3.8, 4) is 0 Å². The average Bonchev–Trinajstić information content (AvgIpc) is 3.51. The standard InChI is InChI=1S/C35H42N6O5S/c1-41-23-37-40-35(41)47-22-28-20-31(25-14-12-24(21-42)13-15-25)46-34(45-28)26-16-18-27(19-17-26)38-32(43)10-4-2-3-5-11-33(44)39-30-9-7-6-8-29(30)36/h6-9,12-19,23,28,31,34,42H,2-5,10-11,20-22,36H2,1H3,(H,38,43)(H,39,44)/t28-,31+,34+/m1/s1. The zero-order valence-corrected chi connectivity index (χ0v) is 27.3. The fraction of sp³-hybridized carbons (Fsp3) is 0.371. The summed E-state index contributed by atoms with van der Waals surface area (Å²) in [6.07, 6.45) is 5.51. The van der Waals surface area contributed by atoms with Crippen LogP contribution < -0.4 is 16.4 Å². The number of nitrogens with two attached hydrogens (primary N) is 1. The van der Waals surface area contributed by atoms with E-state index in [1.165, 1.54) is 0 Å². The molecule has 0 saturated carbocycles. The first kappa shape index (κ1) is 34.1. The normalized spacial score (nSPS) is 17.7. The van der Waals surface area contributed by atoms with Crippen LogP contribution in [0.3, 0.4) is 0 Å². The molecule has 3 aromatic carbocycles. The molecule has 0 bridgehead atoms. The fourth-order valence-electron chi connectivity index (χ4n) is 5.29. The van der Waals surface area contributed by atoms with E-state index >= 15 is 0 Å². The molecule has 0 unspecified atom stereocenters. The molecule has 1 aliphatic rings. The average molecular weight is 659 g/mol. The number of aliphatic hydroxyl groups excluding tert-OH is 1. The Morgan fingerprint density at radius 3 is 2.26 bits per heavy atom. The number of carbonyl (C=O) groups excluding carboxylic acids is 2. The van der Waals surface area contributed by atoms with Gasteiger partial charge in [-0.3, -0.25) is 9.59 Å². The third kappa shape index (κ3) is 10.1. The monoisotopic (exact) mass is 658 g/mol. The highest BCUT2D eigenvalue weighted by atomic mass is 32.2. The number of nitrogens with zero attached hydrogens (tertiary/aromatic N) is 3. The van der Waals surface area contributed by atoms with Gasteiger partial charge in [-0.2, -0.15) is 0 Å². The molecule has 1 aromatic heterocycles. The molecule has 11 nitrogen and oxygen atoms in total. The van der Waals surface area contributed by atoms with Crippen molar-refractivity contribution in [2.24, 2.45) is 7.05 Å². The molecule has 12 heteroatoms. The molecule has 4 aromatic rings. The molecule has 0 radical (unpaired) electrons. The van der Waals surface area contributed by atoms with Crippen molar-refractivity contribution in [2.75, 3.05) is 22.1 Å². The van der Waals surface area contributed by atoms with Crippen LogP contribution >= 0.6 is 11.8 Å². The third-order valence-electron chi connectivity index (χ3n) is 7.94. The molecule has 1 saturated heterocycles. The second-order valence-electron chi connectivity index (χ2n) is 11.6. The number of aromatic nitrogens is 3. The minimum atomic E-state index is -0.590. The Morgan fingerprint density at radius 2 is 1.60 bits per heavy atom. The van der Waals surface area contributed by atoms with Crippen LogP contribution in [0.25, 0.3) is 0 Å². The van der Waals surface area contributed by atoms with Crippen LogP contribution in [0, 0.1) is 0 Å². The number of aliphatic hydroxyl groups is 1. The topological polar surface area (TPSA) is 154 Å². The maximum Gasteiger partial charge on any atom is 0.224 e. The Bertz CT molecular complexity index is 1600. The van der Waals surface area contributed by atoms with Crippen molar-refractivity contribution in [3.05, 3.63) is 95.8 Å². The zero-order valence-electron chi connectivity index (χ0n) is 26.5. The summed E-state index contributed by atoms with van der Waals surface area (Å²) in [6.45, 7) is -0.0103. The van der Waals surface area contributed by atoms with E-state index in [1.807, 2.05) is 72.3 Å². The lowest BCUT2D eigenvalue weighted by molar-refractivity contribution is -0.245. The summed E-state index contributed by atoms with van der Waals surface area (Å²) in [5, 5.41) is 24.2. The van der Waals surface area contributed by atoms with Crippen molar-refractivity contribution in [2.45, 2.75) is 75.2 Å². The highest BCUT2D eigenvalue weighted by molar-refractivity contribution is 7.99. The molecular weight excluding hydrogens is 616 g/mol. The summed E-state index contributed by atoms with van der Waals surface area (Å²) in [5.74, 6) is 0.575. The number of unbranched alkanes of at least 4 members (excludes halogenated alkanes) is 3. The molecule has 2 amide bonds. The lowest BCUT2D eigenvalue weighted by Crippen LogP contribution is -2.31. The summed E-state index contributed by atoms with van der Waals surface area (Å²) in [4.78, 5) is 24.8. The number of hydrogen-bond acceptors (Lipinski definition) is 9. The van der Waals surface area contributed by atoms with Crippen LogP contribution in [-0.2, 0) is 32.7 Å². The first-order valence-corrected chi connectivity index (χ1v) is 16.9. The largest absolute Gasteiger partial charge is 0.397 e. The van der Waals surface area contributed by atoms with E-state index in [0.717, 1.165) is 47.5 Å². The lowest BCUT2D eigenvalue weighted by atomic mass is 10.0. The number of aryl methyl sites for hydroxylation is 1. The van der Waals surface area contributed by atoms with Gasteiger partial charge in [0.2, 0.25) is 11.8 Å². The Morgan fingerprint density at radius 1 is 0.915 bits per heavy atom. The molecule has 1 aliphatic heterocycles. The molecule has 3 atom stereocenters. The summed E-state index contributed by atoms with van der Waals surface area (Å²) in [6, 6.07) is 22.6. The first-order valence-electron chi connectivity index (χ1n) is 15.9. The maximum absolute atomic E-state index is 12.6. The zero-order chi connectivity index (χ0) is 33.0. The Kier molecular flexibility index (Phi) is 12.4. The van der Waals surface area contributed by atoms with E-state index in [-0.39, 0.29) is 30.6 Å². The summed E-state index contributed by atoms with van der Waals surface area (Å²) in [5.41, 5.74) is 10.5. The Hall–Kier alpha value is -4.23. The second-order valence-corrected chi connectivity index (χ2v) is 12.6. The number of carbonyl (C=O) groups is 2. The number of amides is 2. The van der Waals surface area contributed by atoms with Crippen molar-refractivity contribution in [1.82, 2.24) is 14.8 Å². The molecule has 0 spiro atoms. The van der Waals surface area contributed by atoms with Crippen LogP contribution in [0.15, 0.2) is 84.3 Å². The van der Waals surface area contributed by atoms with Crippen LogP contribution in [0.2, 0.25) is 0 Å². The molecule has 47 heavy (non-hydrogen) atoms. The number of thioether (sulfide) groups is 1. The van der Waals surface area contributed by atoms with Gasteiger partial charge in [-0.1, -0.05) is 73.1 Å². The minimum Gasteiger partial charge on any atom is -0.397 e. The van der Waals surface area contributed by atoms with E-state index in [4.69, 9.17) is 15.2 Å².